The molecule has 1 saturated carbocycles. The average molecular weight is 366 g/mol. The van der Waals surface area contributed by atoms with Crippen LogP contribution in [0.4, 0.5) is 20.3 Å². The Bertz CT molecular complexity index is 774. The number of nitro groups is 1. The van der Waals surface area contributed by atoms with Gasteiger partial charge in [0.05, 0.1) is 22.9 Å². The molecule has 11 heteroatoms. The SMILES string of the molecule is NC1(c2ncc(OC(F)F)cn2)CCC(Nc2ccc([N+](=O)[O-])cn2)C1. The fraction of sp³-hybridized carbons (Fsp3) is 0.400. The Labute approximate surface area is 146 Å². The van der Waals surface area contributed by atoms with Crippen LogP contribution in [0, 0.1) is 10.1 Å². The molecule has 1 fully saturated rings. The zero-order valence-corrected chi connectivity index (χ0v) is 13.5. The third-order valence-electron chi connectivity index (χ3n) is 4.16. The van der Waals surface area contributed by atoms with Gasteiger partial charge < -0.3 is 15.8 Å². The van der Waals surface area contributed by atoms with E-state index in [1.165, 1.54) is 30.7 Å². The van der Waals surface area contributed by atoms with Gasteiger partial charge in [-0.3, -0.25) is 10.1 Å². The molecule has 1 aliphatic rings. The van der Waals surface area contributed by atoms with E-state index < -0.39 is 17.1 Å². The Balaban J connectivity index is 1.64. The van der Waals surface area contributed by atoms with Gasteiger partial charge in [-0.15, -0.1) is 0 Å². The standard InChI is InChI=1S/C15H16F2N6O3/c16-14(17)26-11-7-20-13(21-8-11)15(18)4-3-9(5-15)22-12-2-1-10(6-19-12)23(24)25/h1-2,6-9,14H,3-5,18H2,(H,19,22). The van der Waals surface area contributed by atoms with Crippen LogP contribution >= 0.6 is 0 Å². The Morgan fingerprint density at radius 1 is 1.31 bits per heavy atom. The van der Waals surface area contributed by atoms with Gasteiger partial charge in [0.2, 0.25) is 0 Å². The third kappa shape index (κ3) is 3.99. The lowest BCUT2D eigenvalue weighted by atomic mass is 9.97. The van der Waals surface area contributed by atoms with Gasteiger partial charge in [-0.1, -0.05) is 0 Å². The van der Waals surface area contributed by atoms with Crippen molar-refractivity contribution in [3.05, 3.63) is 46.7 Å². The maximum atomic E-state index is 12.2. The van der Waals surface area contributed by atoms with Crippen molar-refractivity contribution in [3.8, 4) is 5.75 Å². The molecule has 0 radical (unpaired) electrons. The molecule has 0 amide bonds. The molecule has 0 bridgehead atoms. The van der Waals surface area contributed by atoms with Gasteiger partial charge in [-0.05, 0) is 25.3 Å². The summed E-state index contributed by atoms with van der Waals surface area (Å²) in [6, 6.07) is 2.88. The van der Waals surface area contributed by atoms with Gasteiger partial charge in [0, 0.05) is 12.1 Å². The van der Waals surface area contributed by atoms with Crippen LogP contribution in [0.15, 0.2) is 30.7 Å². The third-order valence-corrected chi connectivity index (χ3v) is 4.16. The van der Waals surface area contributed by atoms with Gasteiger partial charge in [-0.2, -0.15) is 8.78 Å². The predicted octanol–water partition coefficient (Wildman–Crippen LogP) is 2.20. The molecule has 0 aromatic carbocycles. The lowest BCUT2D eigenvalue weighted by molar-refractivity contribution is -0.385. The topological polar surface area (TPSA) is 129 Å². The highest BCUT2D eigenvalue weighted by Gasteiger charge is 2.39. The summed E-state index contributed by atoms with van der Waals surface area (Å²) in [5.41, 5.74) is 5.48. The van der Waals surface area contributed by atoms with Crippen LogP contribution in [0.2, 0.25) is 0 Å². The van der Waals surface area contributed by atoms with Gasteiger partial charge in [-0.25, -0.2) is 15.0 Å². The highest BCUT2D eigenvalue weighted by molar-refractivity contribution is 5.41. The predicted molar refractivity (Wildman–Crippen MR) is 86.7 cm³/mol. The van der Waals surface area contributed by atoms with E-state index in [0.717, 1.165) is 0 Å². The molecule has 1 aliphatic carbocycles. The van der Waals surface area contributed by atoms with E-state index in [-0.39, 0.29) is 17.5 Å². The first kappa shape index (κ1) is 17.9. The number of alkyl halides is 2. The minimum Gasteiger partial charge on any atom is -0.432 e. The number of hydrogen-bond donors (Lipinski definition) is 2. The molecule has 2 unspecified atom stereocenters. The molecule has 3 N–H and O–H groups in total. The minimum atomic E-state index is -2.94. The Morgan fingerprint density at radius 2 is 2.04 bits per heavy atom. The molecule has 9 nitrogen and oxygen atoms in total. The van der Waals surface area contributed by atoms with Gasteiger partial charge in [0.15, 0.2) is 5.75 Å². The summed E-state index contributed by atoms with van der Waals surface area (Å²) >= 11 is 0. The lowest BCUT2D eigenvalue weighted by Crippen LogP contribution is -2.37. The molecular weight excluding hydrogens is 350 g/mol. The number of nitrogens with zero attached hydrogens (tertiary/aromatic N) is 4. The molecule has 0 saturated heterocycles. The number of ether oxygens (including phenoxy) is 1. The first-order chi connectivity index (χ1) is 12.4. The number of nitrogens with two attached hydrogens (primary N) is 1. The Hall–Kier alpha value is -2.95. The van der Waals surface area contributed by atoms with Gasteiger partial charge >= 0.3 is 6.61 Å². The van der Waals surface area contributed by atoms with Crippen molar-refractivity contribution in [2.45, 2.75) is 37.5 Å². The summed E-state index contributed by atoms with van der Waals surface area (Å²) in [6.45, 7) is -2.94. The number of halogens is 2. The zero-order chi connectivity index (χ0) is 18.7. The normalized spacial score (nSPS) is 22.4. The fourth-order valence-corrected chi connectivity index (χ4v) is 2.93. The van der Waals surface area contributed by atoms with Crippen LogP contribution < -0.4 is 15.8 Å². The molecule has 0 spiro atoms. The highest BCUT2D eigenvalue weighted by Crippen LogP contribution is 2.36. The second-order valence-electron chi connectivity index (χ2n) is 6.02. The van der Waals surface area contributed by atoms with Crippen molar-refractivity contribution in [3.63, 3.8) is 0 Å². The number of aromatic nitrogens is 3. The second kappa shape index (κ2) is 7.12. The number of hydrogen-bond acceptors (Lipinski definition) is 8. The smallest absolute Gasteiger partial charge is 0.387 e. The van der Waals surface area contributed by atoms with E-state index in [9.17, 15) is 18.9 Å². The van der Waals surface area contributed by atoms with Crippen molar-refractivity contribution in [1.82, 2.24) is 15.0 Å². The summed E-state index contributed by atoms with van der Waals surface area (Å²) in [7, 11) is 0. The quantitative estimate of drug-likeness (QED) is 0.588. The molecular formula is C15H16F2N6O3. The van der Waals surface area contributed by atoms with Crippen LogP contribution in [0.25, 0.3) is 0 Å². The van der Waals surface area contributed by atoms with Gasteiger partial charge in [0.25, 0.3) is 5.69 Å². The van der Waals surface area contributed by atoms with Crippen molar-refractivity contribution in [2.75, 3.05) is 5.32 Å². The number of pyridine rings is 1. The monoisotopic (exact) mass is 366 g/mol. The Kier molecular flexibility index (Phi) is 4.89. The van der Waals surface area contributed by atoms with E-state index >= 15 is 0 Å². The second-order valence-corrected chi connectivity index (χ2v) is 6.02. The molecule has 2 heterocycles. The van der Waals surface area contributed by atoms with Crippen molar-refractivity contribution >= 4 is 11.5 Å². The van der Waals surface area contributed by atoms with E-state index in [2.05, 4.69) is 25.0 Å². The average Bonchev–Trinajstić information content (AvgIpc) is 2.97. The number of anilines is 1. The Morgan fingerprint density at radius 3 is 2.62 bits per heavy atom. The van der Waals surface area contributed by atoms with Crippen LogP contribution in [-0.4, -0.2) is 32.5 Å². The highest BCUT2D eigenvalue weighted by atomic mass is 19.3. The van der Waals surface area contributed by atoms with Crippen LogP contribution in [0.5, 0.6) is 5.75 Å². The summed E-state index contributed by atoms with van der Waals surface area (Å²) in [6.07, 6.45) is 5.32. The van der Waals surface area contributed by atoms with Gasteiger partial charge in [0.1, 0.15) is 17.8 Å². The van der Waals surface area contributed by atoms with Crippen molar-refractivity contribution in [1.29, 1.82) is 0 Å². The zero-order valence-electron chi connectivity index (χ0n) is 13.5. The maximum absolute atomic E-state index is 12.2. The van der Waals surface area contributed by atoms with E-state index in [1.54, 1.807) is 0 Å². The first-order valence-electron chi connectivity index (χ1n) is 7.79. The van der Waals surface area contributed by atoms with E-state index in [1.807, 2.05) is 0 Å². The molecule has 3 rings (SSSR count). The van der Waals surface area contributed by atoms with Crippen LogP contribution in [0.3, 0.4) is 0 Å². The van der Waals surface area contributed by atoms with E-state index in [4.69, 9.17) is 5.73 Å². The largest absolute Gasteiger partial charge is 0.432 e. The lowest BCUT2D eigenvalue weighted by Gasteiger charge is -2.22. The van der Waals surface area contributed by atoms with Crippen LogP contribution in [0.1, 0.15) is 25.1 Å². The van der Waals surface area contributed by atoms with Crippen LogP contribution in [-0.2, 0) is 5.54 Å². The summed E-state index contributed by atoms with van der Waals surface area (Å²) in [5.74, 6) is 0.724. The summed E-state index contributed by atoms with van der Waals surface area (Å²) < 4.78 is 28.6. The minimum absolute atomic E-state index is 0.0189. The van der Waals surface area contributed by atoms with E-state index in [0.29, 0.717) is 30.9 Å². The molecule has 0 aliphatic heterocycles. The number of rotatable bonds is 6. The number of nitrogens with one attached hydrogen (secondary N) is 1. The molecule has 2 atom stereocenters. The molecule has 2 aromatic rings. The summed E-state index contributed by atoms with van der Waals surface area (Å²) in [5, 5.41) is 13.8. The summed E-state index contributed by atoms with van der Waals surface area (Å²) in [4.78, 5) is 22.2. The van der Waals surface area contributed by atoms with Crippen molar-refractivity contribution in [2.24, 2.45) is 5.73 Å². The molecule has 26 heavy (non-hydrogen) atoms. The molecule has 138 valence electrons. The molecule has 2 aromatic heterocycles. The first-order valence-corrected chi connectivity index (χ1v) is 7.79. The maximum Gasteiger partial charge on any atom is 0.387 e. The fourth-order valence-electron chi connectivity index (χ4n) is 2.93. The van der Waals surface area contributed by atoms with Crippen molar-refractivity contribution < 1.29 is 18.4 Å².